The summed E-state index contributed by atoms with van der Waals surface area (Å²) < 4.78 is 0.905. The molecule has 1 amide bonds. The van der Waals surface area contributed by atoms with E-state index < -0.39 is 11.9 Å². The van der Waals surface area contributed by atoms with E-state index in [1.807, 2.05) is 18.2 Å². The molecule has 5 heteroatoms. The van der Waals surface area contributed by atoms with Crippen molar-refractivity contribution in [2.45, 2.75) is 0 Å². The van der Waals surface area contributed by atoms with Crippen molar-refractivity contribution >= 4 is 40.5 Å². The van der Waals surface area contributed by atoms with E-state index in [4.69, 9.17) is 0 Å². The number of carbonyl (C=O) groups excluding carboxylic acids is 1. The molecule has 2 aromatic carbocycles. The first-order valence-corrected chi connectivity index (χ1v) is 7.21. The molecule has 0 spiro atoms. The quantitative estimate of drug-likeness (QED) is 0.620. The van der Waals surface area contributed by atoms with Crippen LogP contribution >= 0.6 is 22.6 Å². The molecule has 0 atom stereocenters. The fourth-order valence-electron chi connectivity index (χ4n) is 1.68. The lowest BCUT2D eigenvalue weighted by Gasteiger charge is -2.07. The highest BCUT2D eigenvalue weighted by atomic mass is 127. The Balaban J connectivity index is 2.27. The average Bonchev–Trinajstić information content (AvgIpc) is 2.49. The van der Waals surface area contributed by atoms with Gasteiger partial charge < -0.3 is 10.4 Å². The molecule has 0 heterocycles. The van der Waals surface area contributed by atoms with Crippen molar-refractivity contribution < 1.29 is 14.7 Å². The van der Waals surface area contributed by atoms with Crippen LogP contribution in [0.15, 0.2) is 60.3 Å². The fourth-order valence-corrected chi connectivity index (χ4v) is 2.23. The molecule has 4 nitrogen and oxygen atoms in total. The molecule has 0 aliphatic carbocycles. The third kappa shape index (κ3) is 4.16. The second-order valence-corrected chi connectivity index (χ2v) is 5.37. The van der Waals surface area contributed by atoms with Crippen LogP contribution in [0, 0.1) is 3.57 Å². The van der Waals surface area contributed by atoms with Gasteiger partial charge in [0.05, 0.1) is 0 Å². The molecule has 21 heavy (non-hydrogen) atoms. The van der Waals surface area contributed by atoms with Crippen LogP contribution in [0.2, 0.25) is 0 Å². The lowest BCUT2D eigenvalue weighted by atomic mass is 10.1. The van der Waals surface area contributed by atoms with Crippen LogP contribution < -0.4 is 5.32 Å². The normalized spacial score (nSPS) is 11.0. The number of carboxylic acids is 1. The Labute approximate surface area is 135 Å². The number of benzene rings is 2. The molecule has 2 N–H and O–H groups in total. The first kappa shape index (κ1) is 15.2. The van der Waals surface area contributed by atoms with E-state index in [9.17, 15) is 14.7 Å². The zero-order valence-corrected chi connectivity index (χ0v) is 13.1. The van der Waals surface area contributed by atoms with Crippen LogP contribution in [0.25, 0.3) is 6.08 Å². The van der Waals surface area contributed by atoms with E-state index in [2.05, 4.69) is 27.9 Å². The Hall–Kier alpha value is -2.15. The summed E-state index contributed by atoms with van der Waals surface area (Å²) in [6.07, 6.45) is 1.45. The maximum absolute atomic E-state index is 12.0. The minimum Gasteiger partial charge on any atom is -0.477 e. The maximum Gasteiger partial charge on any atom is 0.352 e. The molecule has 0 unspecified atom stereocenters. The Morgan fingerprint density at radius 2 is 1.62 bits per heavy atom. The number of rotatable bonds is 4. The second kappa shape index (κ2) is 7.03. The van der Waals surface area contributed by atoms with Crippen molar-refractivity contribution in [1.82, 2.24) is 5.32 Å². The molecule has 0 aliphatic heterocycles. The van der Waals surface area contributed by atoms with Gasteiger partial charge in [0.1, 0.15) is 5.70 Å². The summed E-state index contributed by atoms with van der Waals surface area (Å²) in [4.78, 5) is 23.3. The van der Waals surface area contributed by atoms with Gasteiger partial charge in [0.15, 0.2) is 0 Å². The Morgan fingerprint density at radius 1 is 1.00 bits per heavy atom. The van der Waals surface area contributed by atoms with E-state index in [1.165, 1.54) is 6.08 Å². The summed E-state index contributed by atoms with van der Waals surface area (Å²) in [6, 6.07) is 15.8. The number of carboxylic acid groups (broad SMARTS) is 1. The van der Waals surface area contributed by atoms with Crippen LogP contribution in [0.3, 0.4) is 0 Å². The van der Waals surface area contributed by atoms with Gasteiger partial charge in [-0.1, -0.05) is 36.4 Å². The monoisotopic (exact) mass is 393 g/mol. The second-order valence-electron chi connectivity index (χ2n) is 4.20. The number of carbonyl (C=O) groups is 2. The summed E-state index contributed by atoms with van der Waals surface area (Å²) in [6.45, 7) is 0. The highest BCUT2D eigenvalue weighted by Gasteiger charge is 2.13. The SMILES string of the molecule is O=C(O)/C(=C\c1ccccc1I)NC(=O)c1ccccc1. The number of nitrogens with one attached hydrogen (secondary N) is 1. The minimum atomic E-state index is -1.18. The largest absolute Gasteiger partial charge is 0.477 e. The van der Waals surface area contributed by atoms with Gasteiger partial charge in [-0.3, -0.25) is 4.79 Å². The standard InChI is InChI=1S/C16H12INO3/c17-13-9-5-4-8-12(13)10-14(16(20)21)18-15(19)11-6-2-1-3-7-11/h1-10H,(H,18,19)(H,20,21)/b14-10+. The van der Waals surface area contributed by atoms with Crippen molar-refractivity contribution in [3.8, 4) is 0 Å². The van der Waals surface area contributed by atoms with Crippen LogP contribution in [0.5, 0.6) is 0 Å². The minimum absolute atomic E-state index is 0.159. The zero-order valence-electron chi connectivity index (χ0n) is 10.9. The molecule has 106 valence electrons. The lowest BCUT2D eigenvalue weighted by Crippen LogP contribution is -2.27. The van der Waals surface area contributed by atoms with Crippen LogP contribution in [-0.4, -0.2) is 17.0 Å². The summed E-state index contributed by atoms with van der Waals surface area (Å²) in [5.74, 6) is -1.63. The van der Waals surface area contributed by atoms with Crippen molar-refractivity contribution in [2.75, 3.05) is 0 Å². The van der Waals surface area contributed by atoms with Gasteiger partial charge in [0.25, 0.3) is 5.91 Å². The molecule has 0 aliphatic rings. The average molecular weight is 393 g/mol. The number of amides is 1. The summed E-state index contributed by atoms with van der Waals surface area (Å²) in [5, 5.41) is 11.7. The Kier molecular flexibility index (Phi) is 5.10. The van der Waals surface area contributed by atoms with E-state index >= 15 is 0 Å². The number of aliphatic carboxylic acids is 1. The highest BCUT2D eigenvalue weighted by molar-refractivity contribution is 14.1. The first-order chi connectivity index (χ1) is 10.1. The van der Waals surface area contributed by atoms with Crippen molar-refractivity contribution in [1.29, 1.82) is 0 Å². The van der Waals surface area contributed by atoms with Crippen LogP contribution in [0.4, 0.5) is 0 Å². The van der Waals surface area contributed by atoms with Crippen LogP contribution in [-0.2, 0) is 4.79 Å². The lowest BCUT2D eigenvalue weighted by molar-refractivity contribution is -0.132. The molecule has 2 rings (SSSR count). The molecular formula is C16H12INO3. The van der Waals surface area contributed by atoms with Crippen LogP contribution in [0.1, 0.15) is 15.9 Å². The Morgan fingerprint density at radius 3 is 2.24 bits per heavy atom. The number of hydrogen-bond donors (Lipinski definition) is 2. The molecule has 0 fully saturated rings. The topological polar surface area (TPSA) is 66.4 Å². The predicted molar refractivity (Wildman–Crippen MR) is 88.7 cm³/mol. The van der Waals surface area contributed by atoms with Gasteiger partial charge in [-0.25, -0.2) is 4.79 Å². The summed E-state index contributed by atoms with van der Waals surface area (Å²) in [7, 11) is 0. The van der Waals surface area contributed by atoms with Crippen molar-refractivity contribution in [3.05, 3.63) is 75.0 Å². The number of hydrogen-bond acceptors (Lipinski definition) is 2. The van der Waals surface area contributed by atoms with Gasteiger partial charge in [0.2, 0.25) is 0 Å². The maximum atomic E-state index is 12.0. The zero-order chi connectivity index (χ0) is 15.2. The molecule has 0 saturated heterocycles. The third-order valence-corrected chi connectivity index (χ3v) is 3.70. The number of halogens is 1. The smallest absolute Gasteiger partial charge is 0.352 e. The molecule has 0 saturated carbocycles. The van der Waals surface area contributed by atoms with Gasteiger partial charge in [0, 0.05) is 9.13 Å². The van der Waals surface area contributed by atoms with Crippen molar-refractivity contribution in [3.63, 3.8) is 0 Å². The fraction of sp³-hybridized carbons (Fsp3) is 0. The summed E-state index contributed by atoms with van der Waals surface area (Å²) in [5.41, 5.74) is 0.990. The van der Waals surface area contributed by atoms with E-state index in [0.29, 0.717) is 5.56 Å². The third-order valence-electron chi connectivity index (χ3n) is 2.72. The highest BCUT2D eigenvalue weighted by Crippen LogP contribution is 2.15. The molecule has 0 bridgehead atoms. The van der Waals surface area contributed by atoms with Gasteiger partial charge in [-0.05, 0) is 52.4 Å². The first-order valence-electron chi connectivity index (χ1n) is 6.14. The molecular weight excluding hydrogens is 381 g/mol. The predicted octanol–water partition coefficient (Wildman–Crippen LogP) is 3.15. The van der Waals surface area contributed by atoms with Crippen molar-refractivity contribution in [2.24, 2.45) is 0 Å². The molecule has 0 radical (unpaired) electrons. The van der Waals surface area contributed by atoms with Gasteiger partial charge in [-0.15, -0.1) is 0 Å². The summed E-state index contributed by atoms with van der Waals surface area (Å²) >= 11 is 2.11. The molecule has 0 aromatic heterocycles. The van der Waals surface area contributed by atoms with E-state index in [0.717, 1.165) is 9.13 Å². The van der Waals surface area contributed by atoms with Gasteiger partial charge >= 0.3 is 5.97 Å². The van der Waals surface area contributed by atoms with E-state index in [-0.39, 0.29) is 5.70 Å². The van der Waals surface area contributed by atoms with E-state index in [1.54, 1.807) is 36.4 Å². The van der Waals surface area contributed by atoms with Gasteiger partial charge in [-0.2, -0.15) is 0 Å². The Bertz CT molecular complexity index is 696. The molecule has 2 aromatic rings.